The number of hydrogen-bond donors (Lipinski definition) is 2. The van der Waals surface area contributed by atoms with Crippen molar-refractivity contribution in [3.05, 3.63) is 0 Å². The van der Waals surface area contributed by atoms with Crippen molar-refractivity contribution in [1.82, 2.24) is 19.9 Å². The van der Waals surface area contributed by atoms with E-state index in [4.69, 9.17) is 0 Å². The molecule has 33 heavy (non-hydrogen) atoms. The van der Waals surface area contributed by atoms with E-state index < -0.39 is 27.8 Å². The average molecular weight is 524 g/mol. The van der Waals surface area contributed by atoms with Crippen LogP contribution >= 0.6 is 24.2 Å². The summed E-state index contributed by atoms with van der Waals surface area (Å²) < 4.78 is 25.0. The van der Waals surface area contributed by atoms with Crippen LogP contribution in [0.3, 0.4) is 0 Å². The summed E-state index contributed by atoms with van der Waals surface area (Å²) in [6, 6.07) is -0.986. The molecule has 0 aromatic carbocycles. The number of halogens is 1. The van der Waals surface area contributed by atoms with Gasteiger partial charge in [-0.1, -0.05) is 31.0 Å². The molecule has 0 bridgehead atoms. The SMILES string of the molecule is CN1CCS/C1=N\NC(=O)C(=O)C(NC(=O)C1CCCCC1)C1CCN(S(C)(=O)=O)CC1.Cl. The lowest BCUT2D eigenvalue weighted by Gasteiger charge is -2.35. The molecule has 0 spiro atoms. The predicted octanol–water partition coefficient (Wildman–Crippen LogP) is 0.780. The fraction of sp³-hybridized carbons (Fsp3) is 0.800. The van der Waals surface area contributed by atoms with Crippen LogP contribution in [0.15, 0.2) is 5.10 Å². The van der Waals surface area contributed by atoms with E-state index in [-0.39, 0.29) is 43.2 Å². The number of rotatable bonds is 7. The van der Waals surface area contributed by atoms with Gasteiger partial charge >= 0.3 is 5.91 Å². The Morgan fingerprint density at radius 2 is 1.70 bits per heavy atom. The lowest BCUT2D eigenvalue weighted by Crippen LogP contribution is -2.54. The third-order valence-electron chi connectivity index (χ3n) is 6.46. The fourth-order valence-corrected chi connectivity index (χ4v) is 6.31. The first-order chi connectivity index (χ1) is 15.2. The number of carbonyl (C=O) groups is 3. The number of nitrogens with zero attached hydrogens (tertiary/aromatic N) is 3. The van der Waals surface area contributed by atoms with Crippen LogP contribution in [0.1, 0.15) is 44.9 Å². The van der Waals surface area contributed by atoms with E-state index in [1.54, 1.807) is 0 Å². The number of ketones is 1. The molecule has 2 heterocycles. The van der Waals surface area contributed by atoms with E-state index in [1.807, 2.05) is 11.9 Å². The molecule has 0 aromatic rings. The highest BCUT2D eigenvalue weighted by atomic mass is 35.5. The Morgan fingerprint density at radius 3 is 2.24 bits per heavy atom. The van der Waals surface area contributed by atoms with E-state index in [9.17, 15) is 22.8 Å². The molecule has 1 aliphatic carbocycles. The zero-order valence-corrected chi connectivity index (χ0v) is 21.6. The van der Waals surface area contributed by atoms with Gasteiger partial charge in [-0.15, -0.1) is 17.5 Å². The zero-order chi connectivity index (χ0) is 23.3. The van der Waals surface area contributed by atoms with Gasteiger partial charge in [0.25, 0.3) is 0 Å². The van der Waals surface area contributed by atoms with Gasteiger partial charge in [0.2, 0.25) is 21.7 Å². The van der Waals surface area contributed by atoms with Crippen molar-refractivity contribution in [2.24, 2.45) is 16.9 Å². The molecule has 13 heteroatoms. The molecule has 2 amide bonds. The number of Topliss-reactive ketones (excluding diaryl/α,β-unsaturated/α-hetero) is 1. The summed E-state index contributed by atoms with van der Waals surface area (Å²) in [5, 5.41) is 7.53. The van der Waals surface area contributed by atoms with E-state index in [0.29, 0.717) is 18.0 Å². The van der Waals surface area contributed by atoms with Crippen LogP contribution in [0.2, 0.25) is 0 Å². The number of amidine groups is 1. The third kappa shape index (κ3) is 7.56. The largest absolute Gasteiger partial charge is 0.352 e. The van der Waals surface area contributed by atoms with Crippen LogP contribution in [-0.4, -0.2) is 85.1 Å². The minimum Gasteiger partial charge on any atom is -0.352 e. The Morgan fingerprint density at radius 1 is 1.06 bits per heavy atom. The quantitative estimate of drug-likeness (QED) is 0.372. The van der Waals surface area contributed by atoms with Crippen LogP contribution in [0.5, 0.6) is 0 Å². The minimum absolute atomic E-state index is 0. The Bertz CT molecular complexity index is 855. The highest BCUT2D eigenvalue weighted by Gasteiger charge is 2.38. The van der Waals surface area contributed by atoms with Crippen molar-refractivity contribution in [3.63, 3.8) is 0 Å². The molecule has 1 saturated carbocycles. The number of hydrazone groups is 1. The van der Waals surface area contributed by atoms with Crippen LogP contribution in [0, 0.1) is 11.8 Å². The Labute approximate surface area is 206 Å². The van der Waals surface area contributed by atoms with Gasteiger partial charge in [-0.3, -0.25) is 14.4 Å². The van der Waals surface area contributed by atoms with Crippen molar-refractivity contribution in [1.29, 1.82) is 0 Å². The number of piperidine rings is 1. The van der Waals surface area contributed by atoms with Gasteiger partial charge in [-0.25, -0.2) is 18.1 Å². The minimum atomic E-state index is -3.32. The Balaban J connectivity index is 0.00000385. The first-order valence-electron chi connectivity index (χ1n) is 11.2. The molecule has 2 N–H and O–H groups in total. The van der Waals surface area contributed by atoms with Gasteiger partial charge < -0.3 is 10.2 Å². The van der Waals surface area contributed by atoms with E-state index in [0.717, 1.165) is 50.7 Å². The number of nitrogens with one attached hydrogen (secondary N) is 2. The van der Waals surface area contributed by atoms with Crippen molar-refractivity contribution in [3.8, 4) is 0 Å². The zero-order valence-electron chi connectivity index (χ0n) is 19.1. The normalized spacial score (nSPS) is 23.1. The molecule has 2 aliphatic heterocycles. The molecule has 0 radical (unpaired) electrons. The first-order valence-corrected chi connectivity index (χ1v) is 14.0. The second kappa shape index (κ2) is 12.4. The predicted molar refractivity (Wildman–Crippen MR) is 131 cm³/mol. The molecule has 2 saturated heterocycles. The Hall–Kier alpha value is -1.37. The smallest absolute Gasteiger partial charge is 0.309 e. The lowest BCUT2D eigenvalue weighted by molar-refractivity contribution is -0.141. The lowest BCUT2D eigenvalue weighted by atomic mass is 9.85. The summed E-state index contributed by atoms with van der Waals surface area (Å²) in [6.45, 7) is 1.34. The summed E-state index contributed by atoms with van der Waals surface area (Å²) in [4.78, 5) is 40.5. The van der Waals surface area contributed by atoms with Crippen molar-refractivity contribution in [2.45, 2.75) is 51.0 Å². The standard InChI is InChI=1S/C20H33N5O5S2.ClH/c1-24-12-13-31-20(24)23-22-19(28)17(26)16(21-18(27)15-6-4-3-5-7-15)14-8-10-25(11-9-14)32(2,29)30;/h14-16H,3-13H2,1-2H3,(H,21,27)(H,22,28);1H/b23-20-;. The molecular formula is C20H34ClN5O5S2. The number of thioether (sulfide) groups is 1. The molecule has 1 atom stereocenters. The summed E-state index contributed by atoms with van der Waals surface area (Å²) in [5.74, 6) is -1.39. The first kappa shape index (κ1) is 27.9. The molecule has 1 unspecified atom stereocenters. The monoisotopic (exact) mass is 523 g/mol. The van der Waals surface area contributed by atoms with E-state index in [1.165, 1.54) is 16.1 Å². The molecular weight excluding hydrogens is 490 g/mol. The van der Waals surface area contributed by atoms with Crippen LogP contribution in [0.25, 0.3) is 0 Å². The van der Waals surface area contributed by atoms with E-state index in [2.05, 4.69) is 15.8 Å². The summed E-state index contributed by atoms with van der Waals surface area (Å²) in [7, 11) is -1.46. The Kier molecular flexibility index (Phi) is 10.4. The highest BCUT2D eigenvalue weighted by molar-refractivity contribution is 8.14. The molecule has 188 valence electrons. The summed E-state index contributed by atoms with van der Waals surface area (Å²) in [5.41, 5.74) is 2.34. The van der Waals surface area contributed by atoms with Crippen molar-refractivity contribution < 1.29 is 22.8 Å². The van der Waals surface area contributed by atoms with Gasteiger partial charge in [-0.2, -0.15) is 0 Å². The molecule has 0 aromatic heterocycles. The van der Waals surface area contributed by atoms with Crippen LogP contribution < -0.4 is 10.7 Å². The number of carbonyl (C=O) groups excluding carboxylic acids is 3. The van der Waals surface area contributed by atoms with E-state index >= 15 is 0 Å². The van der Waals surface area contributed by atoms with Gasteiger partial charge in [0, 0.05) is 38.4 Å². The van der Waals surface area contributed by atoms with Crippen LogP contribution in [0.4, 0.5) is 0 Å². The topological polar surface area (TPSA) is 128 Å². The maximum absolute atomic E-state index is 13.1. The number of hydrogen-bond acceptors (Lipinski definition) is 7. The molecule has 10 nitrogen and oxygen atoms in total. The number of amides is 2. The highest BCUT2D eigenvalue weighted by Crippen LogP contribution is 2.26. The van der Waals surface area contributed by atoms with Crippen molar-refractivity contribution in [2.75, 3.05) is 38.7 Å². The van der Waals surface area contributed by atoms with Crippen molar-refractivity contribution >= 4 is 57.0 Å². The summed E-state index contributed by atoms with van der Waals surface area (Å²) >= 11 is 1.49. The van der Waals surface area contributed by atoms with Crippen LogP contribution in [-0.2, 0) is 24.4 Å². The van der Waals surface area contributed by atoms with Gasteiger partial charge in [-0.05, 0) is 31.6 Å². The maximum atomic E-state index is 13.1. The summed E-state index contributed by atoms with van der Waals surface area (Å²) in [6.07, 6.45) is 6.57. The third-order valence-corrected chi connectivity index (χ3v) is 8.81. The average Bonchev–Trinajstić information content (AvgIpc) is 3.20. The van der Waals surface area contributed by atoms with Gasteiger partial charge in [0.05, 0.1) is 6.26 Å². The molecule has 3 fully saturated rings. The van der Waals surface area contributed by atoms with Gasteiger partial charge in [0.1, 0.15) is 6.04 Å². The number of sulfonamides is 1. The van der Waals surface area contributed by atoms with Gasteiger partial charge in [0.15, 0.2) is 5.17 Å². The fourth-order valence-electron chi connectivity index (χ4n) is 4.47. The molecule has 3 aliphatic rings. The molecule has 3 rings (SSSR count). The second-order valence-corrected chi connectivity index (χ2v) is 11.8. The second-order valence-electron chi connectivity index (χ2n) is 8.79. The maximum Gasteiger partial charge on any atom is 0.309 e.